The Hall–Kier alpha value is -2.67. The fraction of sp³-hybridized carbons (Fsp3) is 0.300. The number of guanidine groups is 1. The number of aryl methyl sites for hydroxylation is 1. The van der Waals surface area contributed by atoms with E-state index in [1.165, 1.54) is 6.07 Å². The molecule has 2 aromatic carbocycles. The third-order valence-electron chi connectivity index (χ3n) is 4.52. The van der Waals surface area contributed by atoms with Crippen molar-refractivity contribution in [2.75, 3.05) is 6.26 Å². The molecule has 1 atom stereocenters. The summed E-state index contributed by atoms with van der Waals surface area (Å²) in [4.78, 5) is 16.2. The number of rotatable bonds is 5. The Morgan fingerprint density at radius 1 is 1.15 bits per heavy atom. The lowest BCUT2D eigenvalue weighted by atomic mass is 9.89. The van der Waals surface area contributed by atoms with Crippen LogP contribution >= 0.6 is 0 Å². The minimum absolute atomic E-state index is 0.0240. The van der Waals surface area contributed by atoms with Gasteiger partial charge in [-0.05, 0) is 42.5 Å². The smallest absolute Gasteiger partial charge is 0.280 e. The molecule has 27 heavy (non-hydrogen) atoms. The first kappa shape index (κ1) is 20.6. The number of hydrogen-bond acceptors (Lipinski definition) is 3. The monoisotopic (exact) mass is 387 g/mol. The highest BCUT2D eigenvalue weighted by molar-refractivity contribution is 7.90. The van der Waals surface area contributed by atoms with Crippen molar-refractivity contribution in [2.45, 2.75) is 38.0 Å². The second-order valence-electron chi connectivity index (χ2n) is 6.72. The number of nitrogens with two attached hydrogens (primary N) is 2. The molecule has 0 radical (unpaired) electrons. The Morgan fingerprint density at radius 3 is 2.22 bits per heavy atom. The molecule has 7 heteroatoms. The van der Waals surface area contributed by atoms with E-state index in [-0.39, 0.29) is 22.3 Å². The predicted octanol–water partition coefficient (Wildman–Crippen LogP) is 2.99. The van der Waals surface area contributed by atoms with E-state index in [1.807, 2.05) is 45.0 Å². The van der Waals surface area contributed by atoms with Crippen LogP contribution in [0.25, 0.3) is 11.1 Å². The van der Waals surface area contributed by atoms with E-state index >= 15 is 0 Å². The van der Waals surface area contributed by atoms with Gasteiger partial charge in [0.1, 0.15) is 0 Å². The van der Waals surface area contributed by atoms with Gasteiger partial charge in [-0.2, -0.15) is 4.99 Å². The Kier molecular flexibility index (Phi) is 6.05. The summed E-state index contributed by atoms with van der Waals surface area (Å²) in [6, 6.07) is 10.7. The number of benzene rings is 2. The molecule has 0 aromatic heterocycles. The molecule has 144 valence electrons. The van der Waals surface area contributed by atoms with Gasteiger partial charge in [-0.3, -0.25) is 4.79 Å². The van der Waals surface area contributed by atoms with Gasteiger partial charge in [-0.1, -0.05) is 43.7 Å². The Balaban J connectivity index is 2.86. The molecule has 0 aliphatic heterocycles. The number of amides is 1. The van der Waals surface area contributed by atoms with Gasteiger partial charge in [0.25, 0.3) is 5.91 Å². The summed E-state index contributed by atoms with van der Waals surface area (Å²) in [7, 11) is -3.59. The molecule has 0 bridgehead atoms. The standard InChI is InChI=1S/C20H25N3O3S/c1-5-13(3)15-10-16(14-8-6-12(2)7-9-14)18(27(4,25)26)11-17(15)19(24)23-20(21)22/h6-11,13H,5H2,1-4H3,(H4,21,22,23,24). The summed E-state index contributed by atoms with van der Waals surface area (Å²) in [5, 5.41) is 0. The van der Waals surface area contributed by atoms with E-state index in [9.17, 15) is 13.2 Å². The zero-order chi connectivity index (χ0) is 20.4. The number of carbonyl (C=O) groups excluding carboxylic acids is 1. The molecule has 0 spiro atoms. The first-order valence-electron chi connectivity index (χ1n) is 8.63. The molecule has 0 aliphatic rings. The van der Waals surface area contributed by atoms with Crippen LogP contribution in [0.4, 0.5) is 0 Å². The Bertz CT molecular complexity index is 990. The van der Waals surface area contributed by atoms with Crippen LogP contribution in [0.5, 0.6) is 0 Å². The third kappa shape index (κ3) is 4.74. The molecule has 0 fully saturated rings. The van der Waals surface area contributed by atoms with Crippen molar-refractivity contribution < 1.29 is 13.2 Å². The fourth-order valence-electron chi connectivity index (χ4n) is 2.85. The van der Waals surface area contributed by atoms with Gasteiger partial charge in [-0.15, -0.1) is 0 Å². The lowest BCUT2D eigenvalue weighted by Gasteiger charge is -2.18. The molecule has 6 nitrogen and oxygen atoms in total. The highest BCUT2D eigenvalue weighted by Gasteiger charge is 2.23. The second kappa shape index (κ2) is 7.92. The molecule has 1 amide bonds. The predicted molar refractivity (Wildman–Crippen MR) is 109 cm³/mol. The number of carbonyl (C=O) groups is 1. The van der Waals surface area contributed by atoms with Crippen molar-refractivity contribution in [3.8, 4) is 11.1 Å². The van der Waals surface area contributed by atoms with Gasteiger partial charge in [0.2, 0.25) is 0 Å². The first-order valence-corrected chi connectivity index (χ1v) is 10.5. The van der Waals surface area contributed by atoms with Gasteiger partial charge < -0.3 is 11.5 Å². The quantitative estimate of drug-likeness (QED) is 0.604. The molecule has 0 aliphatic carbocycles. The van der Waals surface area contributed by atoms with Gasteiger partial charge in [0, 0.05) is 17.4 Å². The van der Waals surface area contributed by atoms with Crippen molar-refractivity contribution in [3.05, 3.63) is 53.1 Å². The number of hydrogen-bond donors (Lipinski definition) is 2. The molecule has 2 rings (SSSR count). The van der Waals surface area contributed by atoms with Gasteiger partial charge in [-0.25, -0.2) is 8.42 Å². The van der Waals surface area contributed by atoms with Crippen molar-refractivity contribution in [1.82, 2.24) is 0 Å². The van der Waals surface area contributed by atoms with Crippen LogP contribution in [0.2, 0.25) is 0 Å². The maximum absolute atomic E-state index is 12.5. The van der Waals surface area contributed by atoms with Crippen LogP contribution in [0, 0.1) is 6.92 Å². The maximum Gasteiger partial charge on any atom is 0.280 e. The van der Waals surface area contributed by atoms with Crippen molar-refractivity contribution in [1.29, 1.82) is 0 Å². The van der Waals surface area contributed by atoms with E-state index < -0.39 is 15.7 Å². The van der Waals surface area contributed by atoms with E-state index in [2.05, 4.69) is 4.99 Å². The number of sulfone groups is 1. The molecule has 0 saturated carbocycles. The van der Waals surface area contributed by atoms with Gasteiger partial charge in [0.05, 0.1) is 4.90 Å². The van der Waals surface area contributed by atoms with Crippen LogP contribution < -0.4 is 11.5 Å². The summed E-state index contributed by atoms with van der Waals surface area (Å²) in [6.07, 6.45) is 1.89. The third-order valence-corrected chi connectivity index (χ3v) is 5.65. The minimum Gasteiger partial charge on any atom is -0.370 e. The van der Waals surface area contributed by atoms with Crippen LogP contribution in [-0.4, -0.2) is 26.5 Å². The minimum atomic E-state index is -3.59. The van der Waals surface area contributed by atoms with E-state index in [0.29, 0.717) is 5.56 Å². The SMILES string of the molecule is CCC(C)c1cc(-c2ccc(C)cc2)c(S(C)(=O)=O)cc1C(=O)N=C(N)N. The average molecular weight is 388 g/mol. The van der Waals surface area contributed by atoms with Crippen molar-refractivity contribution in [2.24, 2.45) is 16.5 Å². The van der Waals surface area contributed by atoms with Crippen LogP contribution in [0.1, 0.15) is 47.7 Å². The van der Waals surface area contributed by atoms with E-state index in [4.69, 9.17) is 11.5 Å². The summed E-state index contributed by atoms with van der Waals surface area (Å²) >= 11 is 0. The van der Waals surface area contributed by atoms with Gasteiger partial charge >= 0.3 is 0 Å². The van der Waals surface area contributed by atoms with Crippen molar-refractivity contribution >= 4 is 21.7 Å². The Labute approximate surface area is 160 Å². The molecular formula is C20H25N3O3S. The topological polar surface area (TPSA) is 116 Å². The lowest BCUT2D eigenvalue weighted by Crippen LogP contribution is -2.24. The summed E-state index contributed by atoms with van der Waals surface area (Å²) in [5.41, 5.74) is 14.0. The average Bonchev–Trinajstić information content (AvgIpc) is 2.59. The van der Waals surface area contributed by atoms with Crippen LogP contribution in [-0.2, 0) is 9.84 Å². The number of aliphatic imine (C=N–C) groups is 1. The highest BCUT2D eigenvalue weighted by Crippen LogP contribution is 2.35. The first-order chi connectivity index (χ1) is 12.5. The summed E-state index contributed by atoms with van der Waals surface area (Å²) in [6.45, 7) is 5.93. The molecule has 0 heterocycles. The van der Waals surface area contributed by atoms with Gasteiger partial charge in [0.15, 0.2) is 15.8 Å². The Morgan fingerprint density at radius 2 is 1.74 bits per heavy atom. The molecular weight excluding hydrogens is 362 g/mol. The highest BCUT2D eigenvalue weighted by atomic mass is 32.2. The normalized spacial score (nSPS) is 12.4. The maximum atomic E-state index is 12.5. The van der Waals surface area contributed by atoms with Crippen LogP contribution in [0.3, 0.4) is 0 Å². The molecule has 2 aromatic rings. The molecule has 4 N–H and O–H groups in total. The zero-order valence-corrected chi connectivity index (χ0v) is 16.8. The lowest BCUT2D eigenvalue weighted by molar-refractivity contribution is 0.100. The van der Waals surface area contributed by atoms with Crippen molar-refractivity contribution in [3.63, 3.8) is 0 Å². The largest absolute Gasteiger partial charge is 0.370 e. The van der Waals surface area contributed by atoms with E-state index in [0.717, 1.165) is 29.4 Å². The summed E-state index contributed by atoms with van der Waals surface area (Å²) in [5.74, 6) is -0.986. The molecule has 1 unspecified atom stereocenters. The molecule has 0 saturated heterocycles. The fourth-order valence-corrected chi connectivity index (χ4v) is 3.76. The van der Waals surface area contributed by atoms with E-state index in [1.54, 1.807) is 6.07 Å². The van der Waals surface area contributed by atoms with Crippen LogP contribution in [0.15, 0.2) is 46.3 Å². The zero-order valence-electron chi connectivity index (χ0n) is 16.0. The number of nitrogens with zero attached hydrogens (tertiary/aromatic N) is 1. The summed E-state index contributed by atoms with van der Waals surface area (Å²) < 4.78 is 24.9. The second-order valence-corrected chi connectivity index (χ2v) is 8.71.